The number of hydrogen-bond donors (Lipinski definition) is 2. The van der Waals surface area contributed by atoms with E-state index in [0.29, 0.717) is 5.69 Å². The molecule has 0 unspecified atom stereocenters. The highest BCUT2D eigenvalue weighted by atomic mass is 32.2. The summed E-state index contributed by atoms with van der Waals surface area (Å²) in [6.07, 6.45) is 0. The monoisotopic (exact) mass is 304 g/mol. The molecule has 2 rings (SSSR count). The van der Waals surface area contributed by atoms with Gasteiger partial charge in [0, 0.05) is 6.54 Å². The van der Waals surface area contributed by atoms with Crippen molar-refractivity contribution < 1.29 is 8.42 Å². The molecule has 0 atom stereocenters. The second kappa shape index (κ2) is 5.87. The zero-order valence-corrected chi connectivity index (χ0v) is 13.3. The fourth-order valence-corrected chi connectivity index (χ4v) is 3.33. The summed E-state index contributed by atoms with van der Waals surface area (Å²) in [5.74, 6) is 0. The highest BCUT2D eigenvalue weighted by Crippen LogP contribution is 2.23. The Morgan fingerprint density at radius 1 is 1.00 bits per heavy atom. The van der Waals surface area contributed by atoms with Crippen LogP contribution < -0.4 is 10.5 Å². The topological polar surface area (TPSA) is 72.2 Å². The molecule has 0 radical (unpaired) electrons. The Balaban J connectivity index is 2.42. The molecule has 2 aromatic rings. The molecule has 0 spiro atoms. The first-order valence-electron chi connectivity index (χ1n) is 6.74. The van der Waals surface area contributed by atoms with Gasteiger partial charge >= 0.3 is 0 Å². The molecule has 0 saturated heterocycles. The molecule has 0 aromatic heterocycles. The average Bonchev–Trinajstić information content (AvgIpc) is 2.41. The van der Waals surface area contributed by atoms with E-state index in [9.17, 15) is 8.42 Å². The molecule has 0 heterocycles. The number of nitrogens with two attached hydrogens (primary N) is 1. The van der Waals surface area contributed by atoms with Gasteiger partial charge in [0.1, 0.15) is 0 Å². The first-order chi connectivity index (χ1) is 9.85. The molecule has 112 valence electrons. The lowest BCUT2D eigenvalue weighted by Gasteiger charge is -2.14. The van der Waals surface area contributed by atoms with Gasteiger partial charge in [-0.3, -0.25) is 4.72 Å². The quantitative estimate of drug-likeness (QED) is 0.912. The molecule has 3 N–H and O–H groups in total. The van der Waals surface area contributed by atoms with Crippen molar-refractivity contribution in [3.05, 3.63) is 58.7 Å². The lowest BCUT2D eigenvalue weighted by molar-refractivity contribution is 0.601. The van der Waals surface area contributed by atoms with E-state index in [1.807, 2.05) is 39.0 Å². The van der Waals surface area contributed by atoms with Gasteiger partial charge < -0.3 is 5.73 Å². The van der Waals surface area contributed by atoms with Gasteiger partial charge in [-0.15, -0.1) is 0 Å². The van der Waals surface area contributed by atoms with Gasteiger partial charge in [0.05, 0.1) is 10.6 Å². The number of hydrogen-bond acceptors (Lipinski definition) is 3. The van der Waals surface area contributed by atoms with Crippen molar-refractivity contribution in [3.8, 4) is 0 Å². The molecule has 0 saturated carbocycles. The molecule has 0 amide bonds. The lowest BCUT2D eigenvalue weighted by Crippen LogP contribution is -2.16. The van der Waals surface area contributed by atoms with Gasteiger partial charge in [-0.1, -0.05) is 18.2 Å². The number of rotatable bonds is 4. The zero-order chi connectivity index (χ0) is 15.6. The summed E-state index contributed by atoms with van der Waals surface area (Å²) in [6, 6.07) is 10.6. The minimum absolute atomic E-state index is 0.259. The fraction of sp³-hybridized carbons (Fsp3) is 0.250. The van der Waals surface area contributed by atoms with Crippen molar-refractivity contribution in [2.45, 2.75) is 32.2 Å². The van der Waals surface area contributed by atoms with Crippen molar-refractivity contribution in [2.75, 3.05) is 4.72 Å². The summed E-state index contributed by atoms with van der Waals surface area (Å²) in [5.41, 5.74) is 10.0. The summed E-state index contributed by atoms with van der Waals surface area (Å²) in [5, 5.41) is 0. The number of anilines is 1. The molecule has 5 heteroatoms. The lowest BCUT2D eigenvalue weighted by atomic mass is 10.1. The fourth-order valence-electron chi connectivity index (χ4n) is 2.15. The Hall–Kier alpha value is -1.85. The molecule has 0 aliphatic rings. The van der Waals surface area contributed by atoms with E-state index in [1.165, 1.54) is 0 Å². The summed E-state index contributed by atoms with van der Waals surface area (Å²) < 4.78 is 27.6. The normalized spacial score (nSPS) is 11.4. The molecule has 21 heavy (non-hydrogen) atoms. The van der Waals surface area contributed by atoms with Crippen LogP contribution >= 0.6 is 0 Å². The van der Waals surface area contributed by atoms with Crippen LogP contribution in [0.15, 0.2) is 41.3 Å². The number of benzene rings is 2. The van der Waals surface area contributed by atoms with Crippen LogP contribution in [0.4, 0.5) is 5.69 Å². The van der Waals surface area contributed by atoms with Crippen LogP contribution in [-0.4, -0.2) is 8.42 Å². The van der Waals surface area contributed by atoms with Crippen molar-refractivity contribution >= 4 is 15.7 Å². The number of aryl methyl sites for hydroxylation is 3. The first-order valence-corrected chi connectivity index (χ1v) is 8.22. The van der Waals surface area contributed by atoms with Crippen LogP contribution in [0.5, 0.6) is 0 Å². The Morgan fingerprint density at radius 3 is 2.33 bits per heavy atom. The molecule has 0 aliphatic carbocycles. The maximum atomic E-state index is 12.5. The first kappa shape index (κ1) is 15.5. The Labute approximate surface area is 126 Å². The highest BCUT2D eigenvalue weighted by Gasteiger charge is 2.16. The standard InChI is InChI=1S/C16H20N2O2S/c1-11-7-8-14(9-13(11)3)21(19,20)18-16-6-4-5-12(2)15(16)10-17/h4-9,18H,10,17H2,1-3H3. The van der Waals surface area contributed by atoms with Gasteiger partial charge in [0.2, 0.25) is 0 Å². The van der Waals surface area contributed by atoms with Gasteiger partial charge in [-0.25, -0.2) is 8.42 Å². The Kier molecular flexibility index (Phi) is 4.34. The summed E-state index contributed by atoms with van der Waals surface area (Å²) >= 11 is 0. The predicted molar refractivity (Wildman–Crippen MR) is 85.8 cm³/mol. The van der Waals surface area contributed by atoms with Crippen LogP contribution in [0.3, 0.4) is 0 Å². The van der Waals surface area contributed by atoms with E-state index in [-0.39, 0.29) is 11.4 Å². The van der Waals surface area contributed by atoms with Crippen LogP contribution in [0.25, 0.3) is 0 Å². The van der Waals surface area contributed by atoms with Crippen LogP contribution in [0, 0.1) is 20.8 Å². The van der Waals surface area contributed by atoms with Gasteiger partial charge in [-0.05, 0) is 61.2 Å². The van der Waals surface area contributed by atoms with E-state index < -0.39 is 10.0 Å². The maximum absolute atomic E-state index is 12.5. The van der Waals surface area contributed by atoms with E-state index in [0.717, 1.165) is 22.3 Å². The largest absolute Gasteiger partial charge is 0.326 e. The molecule has 0 bridgehead atoms. The minimum Gasteiger partial charge on any atom is -0.326 e. The molecule has 0 fully saturated rings. The molecule has 0 aliphatic heterocycles. The number of sulfonamides is 1. The van der Waals surface area contributed by atoms with Crippen LogP contribution in [-0.2, 0) is 16.6 Å². The number of nitrogens with one attached hydrogen (secondary N) is 1. The third-order valence-corrected chi connectivity index (χ3v) is 5.01. The Morgan fingerprint density at radius 2 is 1.71 bits per heavy atom. The van der Waals surface area contributed by atoms with Gasteiger partial charge in [0.15, 0.2) is 0 Å². The highest BCUT2D eigenvalue weighted by molar-refractivity contribution is 7.92. The third-order valence-electron chi connectivity index (χ3n) is 3.65. The third kappa shape index (κ3) is 3.25. The van der Waals surface area contributed by atoms with E-state index >= 15 is 0 Å². The SMILES string of the molecule is Cc1ccc(S(=O)(=O)Nc2cccc(C)c2CN)cc1C. The molecule has 4 nitrogen and oxygen atoms in total. The van der Waals surface area contributed by atoms with E-state index in [2.05, 4.69) is 4.72 Å². The predicted octanol–water partition coefficient (Wildman–Crippen LogP) is 2.87. The van der Waals surface area contributed by atoms with Crippen LogP contribution in [0.2, 0.25) is 0 Å². The second-order valence-corrected chi connectivity index (χ2v) is 6.84. The Bertz CT molecular complexity index is 768. The molecular formula is C16H20N2O2S. The van der Waals surface area contributed by atoms with E-state index in [1.54, 1.807) is 18.2 Å². The van der Waals surface area contributed by atoms with Crippen molar-refractivity contribution in [3.63, 3.8) is 0 Å². The summed E-state index contributed by atoms with van der Waals surface area (Å²) in [7, 11) is -3.61. The van der Waals surface area contributed by atoms with Crippen molar-refractivity contribution in [2.24, 2.45) is 5.73 Å². The second-order valence-electron chi connectivity index (χ2n) is 5.16. The minimum atomic E-state index is -3.61. The maximum Gasteiger partial charge on any atom is 0.261 e. The molecule has 2 aromatic carbocycles. The van der Waals surface area contributed by atoms with Crippen molar-refractivity contribution in [1.29, 1.82) is 0 Å². The smallest absolute Gasteiger partial charge is 0.261 e. The van der Waals surface area contributed by atoms with Gasteiger partial charge in [-0.2, -0.15) is 0 Å². The van der Waals surface area contributed by atoms with Crippen LogP contribution in [0.1, 0.15) is 22.3 Å². The van der Waals surface area contributed by atoms with E-state index in [4.69, 9.17) is 5.73 Å². The zero-order valence-electron chi connectivity index (χ0n) is 12.5. The average molecular weight is 304 g/mol. The van der Waals surface area contributed by atoms with Gasteiger partial charge in [0.25, 0.3) is 10.0 Å². The van der Waals surface area contributed by atoms with Crippen molar-refractivity contribution in [1.82, 2.24) is 0 Å². The molecular weight excluding hydrogens is 284 g/mol. The summed E-state index contributed by atoms with van der Waals surface area (Å²) in [4.78, 5) is 0.259. The summed E-state index contributed by atoms with van der Waals surface area (Å²) in [6.45, 7) is 6.05.